The van der Waals surface area contributed by atoms with E-state index in [0.717, 1.165) is 33.8 Å². The molecule has 9 heteroatoms. The molecule has 0 saturated heterocycles. The summed E-state index contributed by atoms with van der Waals surface area (Å²) < 4.78 is 34.5. The molecule has 0 bridgehead atoms. The highest BCUT2D eigenvalue weighted by molar-refractivity contribution is 7.92. The number of methoxy groups -OCH3 is 1. The zero-order chi connectivity index (χ0) is 29.3. The summed E-state index contributed by atoms with van der Waals surface area (Å²) in [4.78, 5) is 28.6. The van der Waals surface area contributed by atoms with E-state index in [1.54, 1.807) is 37.3 Å². The topological polar surface area (TPSA) is 96.0 Å². The third-order valence-corrected chi connectivity index (χ3v) is 8.46. The minimum absolute atomic E-state index is 0.0433. The van der Waals surface area contributed by atoms with Crippen molar-refractivity contribution in [3.63, 3.8) is 0 Å². The van der Waals surface area contributed by atoms with Crippen LogP contribution in [0.5, 0.6) is 5.75 Å². The standard InChI is InChI=1S/C31H39N3O5S/c1-6-7-19-32-31(36)25(4)33(21-26-16-13-23(2)14-17-26)30(35)22-34(28-20-24(3)15-18-29(28)39-5)40(37,38)27-11-9-8-10-12-27/h8-18,20,25H,6-7,19,21-22H2,1-5H3,(H,32,36)/t25-/m0/s1. The second-order valence-electron chi connectivity index (χ2n) is 9.83. The van der Waals surface area contributed by atoms with Crippen LogP contribution in [0.1, 0.15) is 43.4 Å². The highest BCUT2D eigenvalue weighted by Gasteiger charge is 2.33. The van der Waals surface area contributed by atoms with Gasteiger partial charge in [0.05, 0.1) is 17.7 Å². The van der Waals surface area contributed by atoms with Crippen LogP contribution in [0.3, 0.4) is 0 Å². The third-order valence-electron chi connectivity index (χ3n) is 6.68. The molecule has 2 amide bonds. The van der Waals surface area contributed by atoms with Crippen LogP contribution in [0.2, 0.25) is 0 Å². The Morgan fingerprint density at radius 1 is 0.950 bits per heavy atom. The van der Waals surface area contributed by atoms with Gasteiger partial charge < -0.3 is 15.0 Å². The fourth-order valence-corrected chi connectivity index (χ4v) is 5.67. The zero-order valence-electron chi connectivity index (χ0n) is 23.9. The van der Waals surface area contributed by atoms with Crippen molar-refractivity contribution in [1.29, 1.82) is 0 Å². The second kappa shape index (κ2) is 14.0. The predicted octanol–water partition coefficient (Wildman–Crippen LogP) is 4.84. The fourth-order valence-electron chi connectivity index (χ4n) is 4.24. The van der Waals surface area contributed by atoms with Crippen LogP contribution in [-0.2, 0) is 26.2 Å². The molecule has 0 radical (unpaired) electrons. The molecule has 0 fully saturated rings. The van der Waals surface area contributed by atoms with Crippen molar-refractivity contribution in [2.24, 2.45) is 0 Å². The molecule has 0 aliphatic rings. The van der Waals surface area contributed by atoms with Gasteiger partial charge in [-0.25, -0.2) is 8.42 Å². The Labute approximate surface area is 238 Å². The number of carbonyl (C=O) groups excluding carboxylic acids is 2. The summed E-state index contributed by atoms with van der Waals surface area (Å²) >= 11 is 0. The van der Waals surface area contributed by atoms with Crippen molar-refractivity contribution in [3.05, 3.63) is 89.5 Å². The Morgan fingerprint density at radius 3 is 2.23 bits per heavy atom. The molecule has 3 aromatic rings. The van der Waals surface area contributed by atoms with Crippen LogP contribution in [-0.4, -0.2) is 51.4 Å². The minimum Gasteiger partial charge on any atom is -0.495 e. The molecule has 0 aliphatic heterocycles. The summed E-state index contributed by atoms with van der Waals surface area (Å²) in [6.45, 7) is 7.63. The first-order valence-electron chi connectivity index (χ1n) is 13.4. The number of ether oxygens (including phenoxy) is 1. The van der Waals surface area contributed by atoms with Crippen LogP contribution < -0.4 is 14.4 Å². The molecule has 0 spiro atoms. The summed E-state index contributed by atoms with van der Waals surface area (Å²) in [7, 11) is -2.71. The summed E-state index contributed by atoms with van der Waals surface area (Å²) in [5.41, 5.74) is 2.95. The van der Waals surface area contributed by atoms with E-state index >= 15 is 0 Å². The first-order chi connectivity index (χ1) is 19.1. The lowest BCUT2D eigenvalue weighted by Gasteiger charge is -2.32. The van der Waals surface area contributed by atoms with Crippen molar-refractivity contribution in [2.45, 2.75) is 58.0 Å². The van der Waals surface area contributed by atoms with Crippen LogP contribution in [0.25, 0.3) is 0 Å². The van der Waals surface area contributed by atoms with E-state index < -0.39 is 28.5 Å². The van der Waals surface area contributed by atoms with Crippen molar-refractivity contribution < 1.29 is 22.7 Å². The van der Waals surface area contributed by atoms with Gasteiger partial charge in [0.25, 0.3) is 10.0 Å². The van der Waals surface area contributed by atoms with E-state index in [-0.39, 0.29) is 23.0 Å². The summed E-state index contributed by atoms with van der Waals surface area (Å²) in [5, 5.41) is 2.90. The monoisotopic (exact) mass is 565 g/mol. The fraction of sp³-hybridized carbons (Fsp3) is 0.355. The third kappa shape index (κ3) is 7.63. The number of anilines is 1. The van der Waals surface area contributed by atoms with Gasteiger partial charge in [-0.3, -0.25) is 13.9 Å². The zero-order valence-corrected chi connectivity index (χ0v) is 24.7. The van der Waals surface area contributed by atoms with Gasteiger partial charge in [0, 0.05) is 13.1 Å². The molecular formula is C31H39N3O5S. The Bertz CT molecular complexity index is 1390. The van der Waals surface area contributed by atoms with Gasteiger partial charge in [0.2, 0.25) is 11.8 Å². The van der Waals surface area contributed by atoms with Crippen molar-refractivity contribution >= 4 is 27.5 Å². The van der Waals surface area contributed by atoms with Gasteiger partial charge in [-0.1, -0.05) is 67.4 Å². The molecule has 0 aromatic heterocycles. The maximum Gasteiger partial charge on any atom is 0.264 e. The summed E-state index contributed by atoms with van der Waals surface area (Å²) in [6, 6.07) is 20.0. The molecule has 40 heavy (non-hydrogen) atoms. The summed E-state index contributed by atoms with van der Waals surface area (Å²) in [5.74, 6) is -0.491. The lowest BCUT2D eigenvalue weighted by molar-refractivity contribution is -0.139. The maximum absolute atomic E-state index is 14.0. The number of hydrogen-bond acceptors (Lipinski definition) is 5. The van der Waals surface area contributed by atoms with E-state index in [1.807, 2.05) is 51.1 Å². The first-order valence-corrected chi connectivity index (χ1v) is 14.9. The number of benzene rings is 3. The van der Waals surface area contributed by atoms with E-state index in [1.165, 1.54) is 24.1 Å². The van der Waals surface area contributed by atoms with Gasteiger partial charge in [0.15, 0.2) is 0 Å². The lowest BCUT2D eigenvalue weighted by atomic mass is 10.1. The van der Waals surface area contributed by atoms with Crippen molar-refractivity contribution in [2.75, 3.05) is 24.5 Å². The molecular weight excluding hydrogens is 526 g/mol. The minimum atomic E-state index is -4.17. The number of hydrogen-bond donors (Lipinski definition) is 1. The van der Waals surface area contributed by atoms with Crippen LogP contribution in [0, 0.1) is 13.8 Å². The summed E-state index contributed by atoms with van der Waals surface area (Å²) in [6.07, 6.45) is 1.74. The van der Waals surface area contributed by atoms with Gasteiger partial charge in [-0.05, 0) is 62.6 Å². The number of sulfonamides is 1. The Balaban J connectivity index is 2.05. The SMILES string of the molecule is CCCCNC(=O)[C@H](C)N(Cc1ccc(C)cc1)C(=O)CN(c1cc(C)ccc1OC)S(=O)(=O)c1ccccc1. The quantitative estimate of drug-likeness (QED) is 0.299. The molecule has 214 valence electrons. The number of carbonyl (C=O) groups is 2. The van der Waals surface area contributed by atoms with E-state index in [4.69, 9.17) is 4.74 Å². The lowest BCUT2D eigenvalue weighted by Crippen LogP contribution is -2.51. The number of nitrogens with zero attached hydrogens (tertiary/aromatic N) is 2. The van der Waals surface area contributed by atoms with Crippen LogP contribution in [0.15, 0.2) is 77.7 Å². The van der Waals surface area contributed by atoms with E-state index in [2.05, 4.69) is 5.32 Å². The largest absolute Gasteiger partial charge is 0.495 e. The van der Waals surface area contributed by atoms with Gasteiger partial charge >= 0.3 is 0 Å². The number of rotatable bonds is 13. The molecule has 1 N–H and O–H groups in total. The second-order valence-corrected chi connectivity index (χ2v) is 11.7. The molecule has 8 nitrogen and oxygen atoms in total. The van der Waals surface area contributed by atoms with Crippen molar-refractivity contribution in [1.82, 2.24) is 10.2 Å². The smallest absolute Gasteiger partial charge is 0.264 e. The Morgan fingerprint density at radius 2 is 1.60 bits per heavy atom. The number of nitrogens with one attached hydrogen (secondary N) is 1. The van der Waals surface area contributed by atoms with Crippen molar-refractivity contribution in [3.8, 4) is 5.75 Å². The molecule has 3 rings (SSSR count). The predicted molar refractivity (Wildman–Crippen MR) is 158 cm³/mol. The Hall–Kier alpha value is -3.85. The molecule has 1 atom stereocenters. The van der Waals surface area contributed by atoms with Crippen LogP contribution >= 0.6 is 0 Å². The van der Waals surface area contributed by atoms with Crippen LogP contribution in [0.4, 0.5) is 5.69 Å². The average Bonchev–Trinajstić information content (AvgIpc) is 2.95. The molecule has 0 saturated carbocycles. The maximum atomic E-state index is 14.0. The molecule has 0 heterocycles. The molecule has 0 aliphatic carbocycles. The molecule has 3 aromatic carbocycles. The molecule has 0 unspecified atom stereocenters. The first kappa shape index (κ1) is 30.7. The number of amides is 2. The van der Waals surface area contributed by atoms with Gasteiger partial charge in [-0.15, -0.1) is 0 Å². The van der Waals surface area contributed by atoms with Gasteiger partial charge in [-0.2, -0.15) is 0 Å². The highest BCUT2D eigenvalue weighted by atomic mass is 32.2. The average molecular weight is 566 g/mol. The Kier molecular flexibility index (Phi) is 10.7. The number of unbranched alkanes of at least 4 members (excludes halogenated alkanes) is 1. The van der Waals surface area contributed by atoms with E-state index in [9.17, 15) is 18.0 Å². The van der Waals surface area contributed by atoms with E-state index in [0.29, 0.717) is 12.3 Å². The highest BCUT2D eigenvalue weighted by Crippen LogP contribution is 2.33. The van der Waals surface area contributed by atoms with Gasteiger partial charge in [0.1, 0.15) is 18.3 Å². The number of aryl methyl sites for hydroxylation is 2. The normalized spacial score (nSPS) is 11.9.